The summed E-state index contributed by atoms with van der Waals surface area (Å²) in [5.74, 6) is 0. The van der Waals surface area contributed by atoms with E-state index < -0.39 is 0 Å². The summed E-state index contributed by atoms with van der Waals surface area (Å²) in [5, 5.41) is 3.87. The van der Waals surface area contributed by atoms with Crippen molar-refractivity contribution in [2.75, 3.05) is 18.3 Å². The smallest absolute Gasteiger partial charge is 0.0754 e. The van der Waals surface area contributed by atoms with Gasteiger partial charge >= 0.3 is 0 Å². The van der Waals surface area contributed by atoms with Crippen LogP contribution in [0, 0.1) is 0 Å². The van der Waals surface area contributed by atoms with Crippen LogP contribution >= 0.6 is 11.9 Å². The van der Waals surface area contributed by atoms with Crippen molar-refractivity contribution in [2.24, 2.45) is 0 Å². The standard InChI is InChI=1S/C28H25N3S/c1-31-16-15-24-25-18-22(30-32-23-13-11-19-7-5-6-10-21(19)17-23)12-14-26(25)29-27(24)28(31)20-8-3-2-4-9-20/h2-14,17-18,28-30H,15-16H2,1H3. The predicted molar refractivity (Wildman–Crippen MR) is 136 cm³/mol. The molecule has 0 saturated heterocycles. The molecule has 0 radical (unpaired) electrons. The molecule has 1 unspecified atom stereocenters. The number of fused-ring (bicyclic) bond motifs is 4. The summed E-state index contributed by atoms with van der Waals surface area (Å²) in [6, 6.07) is 32.9. The molecule has 2 heterocycles. The van der Waals surface area contributed by atoms with Crippen LogP contribution in [0.1, 0.15) is 22.9 Å². The van der Waals surface area contributed by atoms with E-state index in [1.54, 1.807) is 11.9 Å². The van der Waals surface area contributed by atoms with Crippen LogP contribution in [0.25, 0.3) is 21.7 Å². The van der Waals surface area contributed by atoms with Gasteiger partial charge in [-0.3, -0.25) is 4.90 Å². The van der Waals surface area contributed by atoms with Crippen molar-refractivity contribution in [3.8, 4) is 0 Å². The molecular formula is C28H25N3S. The minimum atomic E-state index is 0.274. The number of aromatic amines is 1. The minimum absolute atomic E-state index is 0.274. The highest BCUT2D eigenvalue weighted by molar-refractivity contribution is 8.00. The van der Waals surface area contributed by atoms with Crippen LogP contribution in [0.15, 0.2) is 95.9 Å². The molecule has 3 nitrogen and oxygen atoms in total. The first-order valence-electron chi connectivity index (χ1n) is 11.1. The molecule has 32 heavy (non-hydrogen) atoms. The number of anilines is 1. The van der Waals surface area contributed by atoms with Crippen molar-refractivity contribution in [3.63, 3.8) is 0 Å². The fourth-order valence-corrected chi connectivity index (χ4v) is 5.56. The number of aromatic nitrogens is 1. The molecule has 1 aromatic heterocycles. The number of benzene rings is 4. The molecule has 4 heteroatoms. The Bertz CT molecular complexity index is 1410. The summed E-state index contributed by atoms with van der Waals surface area (Å²) >= 11 is 1.67. The Hall–Kier alpha value is -3.21. The first-order chi connectivity index (χ1) is 15.8. The number of nitrogens with zero attached hydrogens (tertiary/aromatic N) is 1. The van der Waals surface area contributed by atoms with E-state index in [-0.39, 0.29) is 6.04 Å². The van der Waals surface area contributed by atoms with E-state index in [0.717, 1.165) is 18.7 Å². The third-order valence-corrected chi connectivity index (χ3v) is 7.32. The van der Waals surface area contributed by atoms with Gasteiger partial charge in [0.1, 0.15) is 0 Å². The fourth-order valence-electron chi connectivity index (χ4n) is 4.88. The number of nitrogens with one attached hydrogen (secondary N) is 2. The van der Waals surface area contributed by atoms with Crippen molar-refractivity contribution >= 4 is 39.3 Å². The molecule has 1 atom stereocenters. The quantitative estimate of drug-likeness (QED) is 0.298. The van der Waals surface area contributed by atoms with Gasteiger partial charge < -0.3 is 9.71 Å². The summed E-state index contributed by atoms with van der Waals surface area (Å²) in [4.78, 5) is 7.40. The zero-order valence-electron chi connectivity index (χ0n) is 18.0. The van der Waals surface area contributed by atoms with Crippen molar-refractivity contribution in [2.45, 2.75) is 17.4 Å². The highest BCUT2D eigenvalue weighted by Gasteiger charge is 2.29. The Labute approximate surface area is 192 Å². The van der Waals surface area contributed by atoms with E-state index in [2.05, 4.69) is 113 Å². The first-order valence-corrected chi connectivity index (χ1v) is 11.9. The van der Waals surface area contributed by atoms with Gasteiger partial charge in [0.15, 0.2) is 0 Å². The fraction of sp³-hybridized carbons (Fsp3) is 0.143. The molecule has 0 amide bonds. The Morgan fingerprint density at radius 3 is 2.56 bits per heavy atom. The molecule has 0 fully saturated rings. The molecule has 158 valence electrons. The molecule has 2 N–H and O–H groups in total. The third kappa shape index (κ3) is 3.46. The second-order valence-electron chi connectivity index (χ2n) is 8.53. The van der Waals surface area contributed by atoms with E-state index in [1.807, 2.05) is 0 Å². The average molecular weight is 436 g/mol. The van der Waals surface area contributed by atoms with Gasteiger partial charge in [-0.2, -0.15) is 0 Å². The number of likely N-dealkylation sites (N-methyl/N-ethyl adjacent to an activating group) is 1. The third-order valence-electron chi connectivity index (χ3n) is 6.49. The van der Waals surface area contributed by atoms with E-state index >= 15 is 0 Å². The predicted octanol–water partition coefficient (Wildman–Crippen LogP) is 7.02. The Balaban J connectivity index is 1.31. The number of hydrogen-bond donors (Lipinski definition) is 2. The normalized spacial score (nSPS) is 16.3. The molecule has 1 aliphatic heterocycles. The molecule has 1 aliphatic rings. The van der Waals surface area contributed by atoms with Gasteiger partial charge in [-0.25, -0.2) is 0 Å². The van der Waals surface area contributed by atoms with Gasteiger partial charge in [0.05, 0.1) is 6.04 Å². The molecule has 0 bridgehead atoms. The largest absolute Gasteiger partial charge is 0.357 e. The van der Waals surface area contributed by atoms with Gasteiger partial charge in [-0.1, -0.05) is 60.7 Å². The molecule has 0 spiro atoms. The monoisotopic (exact) mass is 435 g/mol. The topological polar surface area (TPSA) is 31.1 Å². The van der Waals surface area contributed by atoms with Crippen LogP contribution in [0.5, 0.6) is 0 Å². The zero-order valence-corrected chi connectivity index (χ0v) is 18.8. The summed E-state index contributed by atoms with van der Waals surface area (Å²) in [6.45, 7) is 1.06. The van der Waals surface area contributed by atoms with Gasteiger partial charge in [0.25, 0.3) is 0 Å². The molecule has 0 saturated carbocycles. The lowest BCUT2D eigenvalue weighted by molar-refractivity contribution is 0.261. The Morgan fingerprint density at radius 2 is 1.69 bits per heavy atom. The summed E-state index contributed by atoms with van der Waals surface area (Å²) in [5.41, 5.74) is 6.47. The molecule has 4 aromatic carbocycles. The molecule has 5 aromatic rings. The second-order valence-corrected chi connectivity index (χ2v) is 9.41. The van der Waals surface area contributed by atoms with Crippen LogP contribution in [0.2, 0.25) is 0 Å². The Morgan fingerprint density at radius 1 is 0.875 bits per heavy atom. The van der Waals surface area contributed by atoms with Crippen molar-refractivity contribution in [1.82, 2.24) is 9.88 Å². The maximum Gasteiger partial charge on any atom is 0.0754 e. The highest BCUT2D eigenvalue weighted by Crippen LogP contribution is 2.38. The van der Waals surface area contributed by atoms with Gasteiger partial charge in [-0.15, -0.1) is 0 Å². The van der Waals surface area contributed by atoms with Gasteiger partial charge in [0.2, 0.25) is 0 Å². The SMILES string of the molecule is CN1CCc2c([nH]c3ccc(NSc4ccc5ccccc5c4)cc23)C1c1ccccc1. The van der Waals surface area contributed by atoms with Crippen LogP contribution in [-0.2, 0) is 6.42 Å². The lowest BCUT2D eigenvalue weighted by atomic mass is 9.93. The van der Waals surface area contributed by atoms with Crippen LogP contribution < -0.4 is 4.72 Å². The number of H-pyrrole nitrogens is 1. The zero-order chi connectivity index (χ0) is 21.5. The van der Waals surface area contributed by atoms with E-state index in [9.17, 15) is 0 Å². The number of rotatable bonds is 4. The van der Waals surface area contributed by atoms with Crippen LogP contribution in [0.3, 0.4) is 0 Å². The van der Waals surface area contributed by atoms with Crippen molar-refractivity contribution < 1.29 is 0 Å². The summed E-state index contributed by atoms with van der Waals surface area (Å²) in [6.07, 6.45) is 1.07. The highest BCUT2D eigenvalue weighted by atomic mass is 32.2. The Kier molecular flexibility index (Phi) is 4.90. The number of hydrogen-bond acceptors (Lipinski definition) is 3. The molecule has 6 rings (SSSR count). The van der Waals surface area contributed by atoms with Crippen LogP contribution in [-0.4, -0.2) is 23.5 Å². The lowest BCUT2D eigenvalue weighted by Crippen LogP contribution is -2.32. The second kappa shape index (κ2) is 8.05. The van der Waals surface area contributed by atoms with Gasteiger partial charge in [-0.05, 0) is 77.6 Å². The average Bonchev–Trinajstić information content (AvgIpc) is 3.20. The summed E-state index contributed by atoms with van der Waals surface area (Å²) in [7, 11) is 2.22. The molecule has 0 aliphatic carbocycles. The minimum Gasteiger partial charge on any atom is -0.357 e. The van der Waals surface area contributed by atoms with Gasteiger partial charge in [0, 0.05) is 33.7 Å². The van der Waals surface area contributed by atoms with Crippen molar-refractivity contribution in [3.05, 3.63) is 108 Å². The lowest BCUT2D eigenvalue weighted by Gasteiger charge is -2.33. The first kappa shape index (κ1) is 19.5. The summed E-state index contributed by atoms with van der Waals surface area (Å²) < 4.78 is 3.56. The van der Waals surface area contributed by atoms with E-state index in [0.29, 0.717) is 0 Å². The van der Waals surface area contributed by atoms with Crippen LogP contribution in [0.4, 0.5) is 5.69 Å². The van der Waals surface area contributed by atoms with E-state index in [1.165, 1.54) is 43.4 Å². The maximum absolute atomic E-state index is 3.74. The van der Waals surface area contributed by atoms with Crippen molar-refractivity contribution in [1.29, 1.82) is 0 Å². The molecular weight excluding hydrogens is 410 g/mol. The maximum atomic E-state index is 3.74. The van der Waals surface area contributed by atoms with E-state index in [4.69, 9.17) is 0 Å².